The SMILES string of the molecule is COCC1CCCN(S(=O)(=O)N2CCN(C(=O)CC(C)C)CC2)C1. The summed E-state index contributed by atoms with van der Waals surface area (Å²) in [5.74, 6) is 0.720. The van der Waals surface area contributed by atoms with E-state index in [0.29, 0.717) is 58.2 Å². The Morgan fingerprint density at radius 1 is 1.12 bits per heavy atom. The molecule has 24 heavy (non-hydrogen) atoms. The largest absolute Gasteiger partial charge is 0.384 e. The van der Waals surface area contributed by atoms with Gasteiger partial charge < -0.3 is 9.64 Å². The number of amides is 1. The third-order valence-corrected chi connectivity index (χ3v) is 6.71. The number of piperidine rings is 1. The van der Waals surface area contributed by atoms with E-state index in [1.54, 1.807) is 16.3 Å². The third-order valence-electron chi connectivity index (χ3n) is 4.71. The lowest BCUT2D eigenvalue weighted by Gasteiger charge is -2.39. The molecule has 2 heterocycles. The Hall–Kier alpha value is -0.700. The third kappa shape index (κ3) is 4.91. The van der Waals surface area contributed by atoms with Gasteiger partial charge in [0.1, 0.15) is 0 Å². The Bertz CT molecular complexity index is 513. The lowest BCUT2D eigenvalue weighted by molar-refractivity contribution is -0.133. The van der Waals surface area contributed by atoms with Crippen molar-refractivity contribution in [3.8, 4) is 0 Å². The molecular weight excluding hydrogens is 330 g/mol. The quantitative estimate of drug-likeness (QED) is 0.701. The Morgan fingerprint density at radius 3 is 2.38 bits per heavy atom. The number of nitrogens with zero attached hydrogens (tertiary/aromatic N) is 3. The normalized spacial score (nSPS) is 24.5. The van der Waals surface area contributed by atoms with E-state index < -0.39 is 10.2 Å². The van der Waals surface area contributed by atoms with Crippen LogP contribution in [0.4, 0.5) is 0 Å². The summed E-state index contributed by atoms with van der Waals surface area (Å²) in [5.41, 5.74) is 0. The van der Waals surface area contributed by atoms with Crippen LogP contribution in [0.1, 0.15) is 33.1 Å². The van der Waals surface area contributed by atoms with Crippen LogP contribution in [-0.4, -0.2) is 80.8 Å². The molecule has 0 spiro atoms. The Labute approximate surface area is 146 Å². The maximum Gasteiger partial charge on any atom is 0.282 e. The van der Waals surface area contributed by atoms with Crippen LogP contribution >= 0.6 is 0 Å². The highest BCUT2D eigenvalue weighted by atomic mass is 32.2. The van der Waals surface area contributed by atoms with E-state index in [4.69, 9.17) is 4.74 Å². The molecule has 0 aromatic heterocycles. The summed E-state index contributed by atoms with van der Waals surface area (Å²) in [6, 6.07) is 0. The van der Waals surface area contributed by atoms with Crippen LogP contribution in [0.25, 0.3) is 0 Å². The van der Waals surface area contributed by atoms with Crippen molar-refractivity contribution in [1.29, 1.82) is 0 Å². The summed E-state index contributed by atoms with van der Waals surface area (Å²) in [6.45, 7) is 7.49. The van der Waals surface area contributed by atoms with Gasteiger partial charge in [-0.2, -0.15) is 17.0 Å². The van der Waals surface area contributed by atoms with Gasteiger partial charge in [0.05, 0.1) is 6.61 Å². The molecule has 2 rings (SSSR count). The zero-order valence-electron chi connectivity index (χ0n) is 15.1. The van der Waals surface area contributed by atoms with E-state index >= 15 is 0 Å². The van der Waals surface area contributed by atoms with Crippen molar-refractivity contribution < 1.29 is 17.9 Å². The second kappa shape index (κ2) is 8.60. The predicted molar refractivity (Wildman–Crippen MR) is 92.7 cm³/mol. The average Bonchev–Trinajstić information content (AvgIpc) is 2.55. The number of hydrogen-bond acceptors (Lipinski definition) is 4. The first-order chi connectivity index (χ1) is 11.3. The fourth-order valence-corrected chi connectivity index (χ4v) is 5.13. The van der Waals surface area contributed by atoms with Crippen molar-refractivity contribution in [2.45, 2.75) is 33.1 Å². The van der Waals surface area contributed by atoms with Gasteiger partial charge in [0.2, 0.25) is 5.91 Å². The van der Waals surface area contributed by atoms with Crippen LogP contribution in [0.3, 0.4) is 0 Å². The fraction of sp³-hybridized carbons (Fsp3) is 0.938. The molecule has 2 aliphatic heterocycles. The average molecular weight is 362 g/mol. The zero-order chi connectivity index (χ0) is 17.7. The maximum atomic E-state index is 12.9. The number of piperazine rings is 1. The highest BCUT2D eigenvalue weighted by Crippen LogP contribution is 2.22. The molecule has 1 amide bonds. The smallest absolute Gasteiger partial charge is 0.282 e. The Morgan fingerprint density at radius 2 is 1.79 bits per heavy atom. The van der Waals surface area contributed by atoms with Crippen LogP contribution in [0.2, 0.25) is 0 Å². The van der Waals surface area contributed by atoms with Crippen molar-refractivity contribution in [3.63, 3.8) is 0 Å². The summed E-state index contributed by atoms with van der Waals surface area (Å²) in [4.78, 5) is 13.9. The predicted octanol–water partition coefficient (Wildman–Crippen LogP) is 0.780. The number of rotatable bonds is 6. The molecule has 2 saturated heterocycles. The monoisotopic (exact) mass is 361 g/mol. The van der Waals surface area contributed by atoms with Crippen LogP contribution < -0.4 is 0 Å². The molecule has 0 aromatic carbocycles. The molecular formula is C16H31N3O4S. The Balaban J connectivity index is 1.91. The molecule has 140 valence electrons. The zero-order valence-corrected chi connectivity index (χ0v) is 15.9. The molecule has 1 unspecified atom stereocenters. The minimum Gasteiger partial charge on any atom is -0.384 e. The number of carbonyl (C=O) groups is 1. The maximum absolute atomic E-state index is 12.9. The van der Waals surface area contributed by atoms with Crippen molar-refractivity contribution in [1.82, 2.24) is 13.5 Å². The molecule has 0 saturated carbocycles. The van der Waals surface area contributed by atoms with Crippen molar-refractivity contribution in [2.24, 2.45) is 11.8 Å². The summed E-state index contributed by atoms with van der Waals surface area (Å²) < 4.78 is 34.0. The van der Waals surface area contributed by atoms with Crippen molar-refractivity contribution >= 4 is 16.1 Å². The molecule has 8 heteroatoms. The summed E-state index contributed by atoms with van der Waals surface area (Å²) in [7, 11) is -1.78. The molecule has 1 atom stereocenters. The minimum absolute atomic E-state index is 0.125. The van der Waals surface area contributed by atoms with Gasteiger partial charge in [-0.3, -0.25) is 4.79 Å². The number of hydrogen-bond donors (Lipinski definition) is 0. The number of methoxy groups -OCH3 is 1. The van der Waals surface area contributed by atoms with Gasteiger partial charge in [-0.25, -0.2) is 0 Å². The summed E-state index contributed by atoms with van der Waals surface area (Å²) in [5, 5.41) is 0. The van der Waals surface area contributed by atoms with Gasteiger partial charge in [0.25, 0.3) is 10.2 Å². The van der Waals surface area contributed by atoms with E-state index in [1.807, 2.05) is 13.8 Å². The molecule has 0 aliphatic carbocycles. The second-order valence-corrected chi connectivity index (χ2v) is 9.14. The standard InChI is InChI=1S/C16H31N3O4S/c1-14(2)11-16(20)17-7-9-18(10-8-17)24(21,22)19-6-4-5-15(12-19)13-23-3/h14-15H,4-13H2,1-3H3. The van der Waals surface area contributed by atoms with E-state index in [9.17, 15) is 13.2 Å². The first-order valence-electron chi connectivity index (χ1n) is 8.86. The van der Waals surface area contributed by atoms with Crippen LogP contribution in [0, 0.1) is 11.8 Å². The molecule has 2 fully saturated rings. The highest BCUT2D eigenvalue weighted by molar-refractivity contribution is 7.86. The van der Waals surface area contributed by atoms with Crippen molar-refractivity contribution in [2.75, 3.05) is 53.0 Å². The Kier molecular flexibility index (Phi) is 7.03. The fourth-order valence-electron chi connectivity index (χ4n) is 3.42. The summed E-state index contributed by atoms with van der Waals surface area (Å²) in [6.07, 6.45) is 2.41. The minimum atomic E-state index is -3.44. The molecule has 0 bridgehead atoms. The first-order valence-corrected chi connectivity index (χ1v) is 10.3. The van der Waals surface area contributed by atoms with Gasteiger partial charge in [0.15, 0.2) is 0 Å². The number of carbonyl (C=O) groups excluding carboxylic acids is 1. The summed E-state index contributed by atoms with van der Waals surface area (Å²) >= 11 is 0. The second-order valence-electron chi connectivity index (χ2n) is 7.21. The molecule has 2 aliphatic rings. The van der Waals surface area contributed by atoms with Gasteiger partial charge in [-0.15, -0.1) is 0 Å². The first kappa shape index (κ1) is 19.6. The van der Waals surface area contributed by atoms with Crippen molar-refractivity contribution in [3.05, 3.63) is 0 Å². The van der Waals surface area contributed by atoms with Gasteiger partial charge in [0, 0.05) is 52.8 Å². The van der Waals surface area contributed by atoms with Crippen LogP contribution in [-0.2, 0) is 19.7 Å². The van der Waals surface area contributed by atoms with Crippen LogP contribution in [0.5, 0.6) is 0 Å². The van der Waals surface area contributed by atoms with Crippen LogP contribution in [0.15, 0.2) is 0 Å². The molecule has 0 radical (unpaired) electrons. The molecule has 7 nitrogen and oxygen atoms in total. The van der Waals surface area contributed by atoms with Gasteiger partial charge in [-0.05, 0) is 24.7 Å². The lowest BCUT2D eigenvalue weighted by atomic mass is 10.0. The molecule has 0 N–H and O–H groups in total. The number of ether oxygens (including phenoxy) is 1. The van der Waals surface area contributed by atoms with Gasteiger partial charge in [-0.1, -0.05) is 13.8 Å². The lowest BCUT2D eigenvalue weighted by Crippen LogP contribution is -2.55. The molecule has 0 aromatic rings. The van der Waals surface area contributed by atoms with E-state index in [-0.39, 0.29) is 11.8 Å². The van der Waals surface area contributed by atoms with E-state index in [0.717, 1.165) is 12.8 Å². The van der Waals surface area contributed by atoms with Gasteiger partial charge >= 0.3 is 0 Å². The highest BCUT2D eigenvalue weighted by Gasteiger charge is 2.35. The van der Waals surface area contributed by atoms with E-state index in [2.05, 4.69) is 0 Å². The topological polar surface area (TPSA) is 70.2 Å². The van der Waals surface area contributed by atoms with E-state index in [1.165, 1.54) is 4.31 Å².